The molecule has 0 saturated heterocycles. The van der Waals surface area contributed by atoms with Crippen LogP contribution in [0.4, 0.5) is 0 Å². The molecule has 1 atom stereocenters. The third-order valence-electron chi connectivity index (χ3n) is 2.45. The number of methoxy groups -OCH3 is 1. The van der Waals surface area contributed by atoms with Gasteiger partial charge in [-0.3, -0.25) is 0 Å². The van der Waals surface area contributed by atoms with E-state index in [0.717, 1.165) is 25.5 Å². The largest absolute Gasteiger partial charge is 0.492 e. The van der Waals surface area contributed by atoms with Crippen LogP contribution in [0.1, 0.15) is 6.42 Å². The van der Waals surface area contributed by atoms with Gasteiger partial charge in [-0.15, -0.1) is 0 Å². The fraction of sp³-hybridized carbons (Fsp3) is 0.692. The first-order valence-corrected chi connectivity index (χ1v) is 6.29. The maximum Gasteiger partial charge on any atom is 0.115 e. The Morgan fingerprint density at radius 1 is 1.28 bits per heavy atom. The molecule has 104 valence electrons. The summed E-state index contributed by atoms with van der Waals surface area (Å²) in [5.74, 6) is 0.808. The molecule has 0 bridgehead atoms. The molecule has 0 aromatic carbocycles. The summed E-state index contributed by atoms with van der Waals surface area (Å²) in [5.41, 5.74) is 0. The second-order valence-corrected chi connectivity index (χ2v) is 3.97. The van der Waals surface area contributed by atoms with Gasteiger partial charge in [0.15, 0.2) is 0 Å². The van der Waals surface area contributed by atoms with Crippen LogP contribution in [0.2, 0.25) is 0 Å². The number of aliphatic hydroxyl groups is 1. The van der Waals surface area contributed by atoms with Gasteiger partial charge in [-0.25, -0.2) is 0 Å². The molecule has 0 aliphatic heterocycles. The van der Waals surface area contributed by atoms with Gasteiger partial charge in [-0.05, 0) is 18.6 Å². The third kappa shape index (κ3) is 7.45. The Bertz CT molecular complexity index is 266. The highest BCUT2D eigenvalue weighted by atomic mass is 16.5. The molecule has 0 aromatic rings. The Morgan fingerprint density at radius 2 is 2.11 bits per heavy atom. The van der Waals surface area contributed by atoms with Crippen molar-refractivity contribution in [3.8, 4) is 0 Å². The molecule has 1 unspecified atom stereocenters. The Kier molecular flexibility index (Phi) is 8.50. The molecule has 0 heterocycles. The van der Waals surface area contributed by atoms with Crippen molar-refractivity contribution in [2.45, 2.75) is 12.5 Å². The lowest BCUT2D eigenvalue weighted by atomic mass is 10.1. The maximum atomic E-state index is 9.23. The van der Waals surface area contributed by atoms with Gasteiger partial charge in [-0.1, -0.05) is 6.08 Å². The Morgan fingerprint density at radius 3 is 2.83 bits per heavy atom. The first-order chi connectivity index (χ1) is 8.83. The minimum atomic E-state index is -0.369. The van der Waals surface area contributed by atoms with Crippen molar-refractivity contribution < 1.29 is 19.3 Å². The van der Waals surface area contributed by atoms with E-state index in [1.54, 1.807) is 19.3 Å². The lowest BCUT2D eigenvalue weighted by Crippen LogP contribution is -2.24. The van der Waals surface area contributed by atoms with Crippen LogP contribution in [-0.4, -0.2) is 57.8 Å². The van der Waals surface area contributed by atoms with E-state index < -0.39 is 0 Å². The normalized spacial score (nSPS) is 18.8. The second-order valence-electron chi connectivity index (χ2n) is 3.97. The van der Waals surface area contributed by atoms with Gasteiger partial charge in [0.25, 0.3) is 0 Å². The van der Waals surface area contributed by atoms with E-state index in [4.69, 9.17) is 14.2 Å². The molecule has 18 heavy (non-hydrogen) atoms. The zero-order chi connectivity index (χ0) is 13.1. The molecule has 0 radical (unpaired) electrons. The second kappa shape index (κ2) is 10.1. The molecule has 5 heteroatoms. The Balaban J connectivity index is 1.86. The summed E-state index contributed by atoms with van der Waals surface area (Å²) in [5, 5.41) is 12.4. The van der Waals surface area contributed by atoms with E-state index in [0.29, 0.717) is 26.2 Å². The van der Waals surface area contributed by atoms with Crippen molar-refractivity contribution in [2.75, 3.05) is 46.6 Å². The van der Waals surface area contributed by atoms with Crippen molar-refractivity contribution in [1.82, 2.24) is 5.32 Å². The fourth-order valence-corrected chi connectivity index (χ4v) is 1.46. The maximum absolute atomic E-state index is 9.23. The number of rotatable bonds is 10. The molecule has 0 saturated carbocycles. The zero-order valence-corrected chi connectivity index (χ0v) is 10.9. The zero-order valence-electron chi connectivity index (χ0n) is 10.9. The van der Waals surface area contributed by atoms with Crippen LogP contribution in [-0.2, 0) is 14.2 Å². The topological polar surface area (TPSA) is 60.0 Å². The van der Waals surface area contributed by atoms with E-state index in [-0.39, 0.29) is 6.10 Å². The summed E-state index contributed by atoms with van der Waals surface area (Å²) in [6.07, 6.45) is 5.66. The fourth-order valence-electron chi connectivity index (χ4n) is 1.46. The van der Waals surface area contributed by atoms with E-state index in [1.165, 1.54) is 0 Å². The van der Waals surface area contributed by atoms with Gasteiger partial charge in [0.2, 0.25) is 0 Å². The number of nitrogens with one attached hydrogen (secondary N) is 1. The van der Waals surface area contributed by atoms with E-state index in [1.807, 2.05) is 6.08 Å². The number of hydrogen-bond acceptors (Lipinski definition) is 5. The van der Waals surface area contributed by atoms with Crippen LogP contribution < -0.4 is 5.32 Å². The summed E-state index contributed by atoms with van der Waals surface area (Å²) in [7, 11) is 1.68. The first kappa shape index (κ1) is 15.2. The van der Waals surface area contributed by atoms with Gasteiger partial charge in [0.1, 0.15) is 12.4 Å². The van der Waals surface area contributed by atoms with Crippen LogP contribution >= 0.6 is 0 Å². The summed E-state index contributed by atoms with van der Waals surface area (Å²) < 4.78 is 15.8. The van der Waals surface area contributed by atoms with Crippen molar-refractivity contribution in [3.05, 3.63) is 24.0 Å². The lowest BCUT2D eigenvalue weighted by molar-refractivity contribution is 0.0782. The molecular weight excluding hydrogens is 234 g/mol. The summed E-state index contributed by atoms with van der Waals surface area (Å²) in [6, 6.07) is 0. The van der Waals surface area contributed by atoms with E-state index in [2.05, 4.69) is 5.32 Å². The number of ether oxygens (including phenoxy) is 3. The Hall–Kier alpha value is -0.880. The molecule has 0 fully saturated rings. The van der Waals surface area contributed by atoms with Crippen LogP contribution in [0.15, 0.2) is 24.0 Å². The minimum Gasteiger partial charge on any atom is -0.492 e. The smallest absolute Gasteiger partial charge is 0.115 e. The highest BCUT2D eigenvalue weighted by Gasteiger charge is 2.04. The summed E-state index contributed by atoms with van der Waals surface area (Å²) in [4.78, 5) is 0. The van der Waals surface area contributed by atoms with Crippen LogP contribution in [0.25, 0.3) is 0 Å². The molecular formula is C13H23NO4. The average Bonchev–Trinajstić information content (AvgIpc) is 2.39. The van der Waals surface area contributed by atoms with Crippen LogP contribution in [0, 0.1) is 0 Å². The standard InChI is InChI=1S/C13H23NO4/c1-16-8-6-14-7-9-17-10-11-18-13-4-2-12(15)3-5-13/h2,4-5,12,14-15H,3,6-11H2,1H3. The number of allylic oxidation sites excluding steroid dienone is 1. The molecule has 0 amide bonds. The number of aliphatic hydroxyl groups excluding tert-OH is 1. The highest BCUT2D eigenvalue weighted by molar-refractivity contribution is 5.18. The van der Waals surface area contributed by atoms with Crippen molar-refractivity contribution in [3.63, 3.8) is 0 Å². The molecule has 1 aliphatic rings. The van der Waals surface area contributed by atoms with Gasteiger partial charge < -0.3 is 24.6 Å². The van der Waals surface area contributed by atoms with Crippen molar-refractivity contribution >= 4 is 0 Å². The molecule has 2 N–H and O–H groups in total. The summed E-state index contributed by atoms with van der Waals surface area (Å²) in [6.45, 7) is 4.15. The SMILES string of the molecule is COCCNCCOCCOC1=CCC(O)C=C1. The van der Waals surface area contributed by atoms with Crippen molar-refractivity contribution in [1.29, 1.82) is 0 Å². The monoisotopic (exact) mass is 257 g/mol. The molecule has 5 nitrogen and oxygen atoms in total. The molecule has 1 aliphatic carbocycles. The predicted molar refractivity (Wildman–Crippen MR) is 69.4 cm³/mol. The van der Waals surface area contributed by atoms with E-state index in [9.17, 15) is 5.11 Å². The molecule has 0 aromatic heterocycles. The first-order valence-electron chi connectivity index (χ1n) is 6.29. The highest BCUT2D eigenvalue weighted by Crippen LogP contribution is 2.10. The average molecular weight is 257 g/mol. The number of hydrogen-bond donors (Lipinski definition) is 2. The van der Waals surface area contributed by atoms with Gasteiger partial charge in [0, 0.05) is 20.2 Å². The lowest BCUT2D eigenvalue weighted by Gasteiger charge is -2.12. The molecule has 1 rings (SSSR count). The Labute approximate surface area is 108 Å². The van der Waals surface area contributed by atoms with Gasteiger partial charge in [0.05, 0.1) is 25.9 Å². The van der Waals surface area contributed by atoms with E-state index >= 15 is 0 Å². The summed E-state index contributed by atoms with van der Waals surface area (Å²) >= 11 is 0. The van der Waals surface area contributed by atoms with Crippen LogP contribution in [0.5, 0.6) is 0 Å². The van der Waals surface area contributed by atoms with Crippen molar-refractivity contribution in [2.24, 2.45) is 0 Å². The molecule has 0 spiro atoms. The minimum absolute atomic E-state index is 0.369. The quantitative estimate of drug-likeness (QED) is 0.557. The van der Waals surface area contributed by atoms with Gasteiger partial charge >= 0.3 is 0 Å². The van der Waals surface area contributed by atoms with Crippen LogP contribution in [0.3, 0.4) is 0 Å². The predicted octanol–water partition coefficient (Wildman–Crippen LogP) is 0.460. The third-order valence-corrected chi connectivity index (χ3v) is 2.45. The van der Waals surface area contributed by atoms with Gasteiger partial charge in [-0.2, -0.15) is 0 Å².